The molecule has 292 valence electrons. The number of hydrogen-bond donors (Lipinski definition) is 4. The lowest BCUT2D eigenvalue weighted by atomic mass is 9.85. The minimum Gasteiger partial charge on any atom is -0.464 e. The molecule has 53 heavy (non-hydrogen) atoms. The molecule has 0 bridgehead atoms. The van der Waals surface area contributed by atoms with Crippen LogP contribution in [0.4, 0.5) is 15.4 Å². The molecule has 5 atom stereocenters. The second-order valence-corrected chi connectivity index (χ2v) is 17.7. The second-order valence-electron chi connectivity index (χ2n) is 15.0. The second kappa shape index (κ2) is 15.3. The molecule has 0 spiro atoms. The molecule has 21 heteroatoms. The summed E-state index contributed by atoms with van der Waals surface area (Å²) in [7, 11) is -2.92. The van der Waals surface area contributed by atoms with Crippen LogP contribution in [0.1, 0.15) is 77.7 Å². The number of ether oxygens (including phenoxy) is 3. The third kappa shape index (κ3) is 9.85. The molecule has 1 aromatic heterocycles. The van der Waals surface area contributed by atoms with Gasteiger partial charge in [0.15, 0.2) is 21.8 Å². The first-order valence-corrected chi connectivity index (χ1v) is 18.8. The number of carbonyl (C=O) groups is 6. The molecule has 1 aromatic rings. The summed E-state index contributed by atoms with van der Waals surface area (Å²) in [5.74, 6) is -4.65. The SMILES string of the molecule is C=CC1CC1(NC(=O)[C@@H]1C[C@@H](OC(=O)Nc2nc(Cl)c(Cl)nc2C(=O)OC)CN1C(=O)[C@@H](NC(=O)OC(C)(C)C)C(C)(C)C)C(=O)NS(=O)(=O)C1CC1. The molecule has 3 fully saturated rings. The third-order valence-corrected chi connectivity index (χ3v) is 11.0. The molecule has 18 nitrogen and oxygen atoms in total. The van der Waals surface area contributed by atoms with E-state index in [0.29, 0.717) is 12.8 Å². The maximum atomic E-state index is 14.3. The van der Waals surface area contributed by atoms with Crippen molar-refractivity contribution in [1.29, 1.82) is 0 Å². The fraction of sp³-hybridized carbons (Fsp3) is 0.625. The predicted octanol–water partition coefficient (Wildman–Crippen LogP) is 2.70. The highest BCUT2D eigenvalue weighted by molar-refractivity contribution is 7.91. The largest absolute Gasteiger partial charge is 0.464 e. The molecule has 2 saturated carbocycles. The lowest BCUT2D eigenvalue weighted by Gasteiger charge is -2.36. The molecule has 2 aliphatic carbocycles. The number of likely N-dealkylation sites (tertiary alicyclic amines) is 1. The maximum absolute atomic E-state index is 14.3. The van der Waals surface area contributed by atoms with Crippen molar-refractivity contribution >= 4 is 74.9 Å². The maximum Gasteiger partial charge on any atom is 0.413 e. The number of amides is 5. The molecule has 2 heterocycles. The molecule has 0 aromatic carbocycles. The van der Waals surface area contributed by atoms with Gasteiger partial charge in [-0.05, 0) is 45.4 Å². The van der Waals surface area contributed by atoms with E-state index in [4.69, 9.17) is 32.7 Å². The van der Waals surface area contributed by atoms with Crippen LogP contribution < -0.4 is 20.7 Å². The predicted molar refractivity (Wildman–Crippen MR) is 189 cm³/mol. The average Bonchev–Trinajstić information content (AvgIpc) is 3.96. The van der Waals surface area contributed by atoms with Gasteiger partial charge in [-0.25, -0.2) is 32.8 Å². The number of nitrogens with one attached hydrogen (secondary N) is 4. The summed E-state index contributed by atoms with van der Waals surface area (Å²) in [6.07, 6.45) is -1.33. The number of alkyl carbamates (subject to hydrolysis) is 1. The molecule has 1 aliphatic heterocycles. The Hall–Kier alpha value is -4.23. The van der Waals surface area contributed by atoms with Crippen LogP contribution in [0.3, 0.4) is 0 Å². The zero-order valence-electron chi connectivity index (χ0n) is 30.2. The minimum atomic E-state index is -3.98. The van der Waals surface area contributed by atoms with Gasteiger partial charge in [0.1, 0.15) is 29.3 Å². The van der Waals surface area contributed by atoms with Gasteiger partial charge in [0.05, 0.1) is 18.9 Å². The summed E-state index contributed by atoms with van der Waals surface area (Å²) in [6, 6.07) is -2.66. The van der Waals surface area contributed by atoms with E-state index >= 15 is 0 Å². The van der Waals surface area contributed by atoms with Crippen molar-refractivity contribution in [2.75, 3.05) is 19.0 Å². The number of anilines is 1. The summed E-state index contributed by atoms with van der Waals surface area (Å²) >= 11 is 11.8. The smallest absolute Gasteiger partial charge is 0.413 e. The number of methoxy groups -OCH3 is 1. The summed E-state index contributed by atoms with van der Waals surface area (Å²) < 4.78 is 42.9. The first-order valence-electron chi connectivity index (χ1n) is 16.5. The molecule has 4 N–H and O–H groups in total. The Bertz CT molecular complexity index is 1810. The monoisotopic (exact) mass is 803 g/mol. The van der Waals surface area contributed by atoms with Crippen molar-refractivity contribution in [3.8, 4) is 0 Å². The number of sulfonamides is 1. The Morgan fingerprint density at radius 1 is 1.02 bits per heavy atom. The Morgan fingerprint density at radius 2 is 1.64 bits per heavy atom. The van der Waals surface area contributed by atoms with Gasteiger partial charge in [0, 0.05) is 12.3 Å². The summed E-state index contributed by atoms with van der Waals surface area (Å²) in [5.41, 5.74) is -4.02. The van der Waals surface area contributed by atoms with Crippen LogP contribution in [-0.4, -0.2) is 107 Å². The van der Waals surface area contributed by atoms with Crippen molar-refractivity contribution in [2.24, 2.45) is 11.3 Å². The zero-order chi connectivity index (χ0) is 39.8. The number of aromatic nitrogens is 2. The van der Waals surface area contributed by atoms with E-state index in [9.17, 15) is 37.2 Å². The lowest BCUT2D eigenvalue weighted by Crippen LogP contribution is -2.60. The molecule has 2 unspecified atom stereocenters. The van der Waals surface area contributed by atoms with Gasteiger partial charge in [-0.3, -0.25) is 24.4 Å². The molecule has 3 aliphatic rings. The fourth-order valence-corrected chi connectivity index (χ4v) is 7.25. The van der Waals surface area contributed by atoms with E-state index in [1.165, 1.54) is 6.08 Å². The molecule has 4 rings (SSSR count). The molecule has 1 saturated heterocycles. The first kappa shape index (κ1) is 41.5. The number of nitrogens with zero attached hydrogens (tertiary/aromatic N) is 3. The average molecular weight is 805 g/mol. The van der Waals surface area contributed by atoms with Crippen LogP contribution in [0, 0.1) is 11.3 Å². The quantitative estimate of drug-likeness (QED) is 0.143. The number of esters is 1. The normalized spacial score (nSPS) is 23.2. The van der Waals surface area contributed by atoms with E-state index in [0.717, 1.165) is 12.0 Å². The topological polar surface area (TPSA) is 241 Å². The third-order valence-electron chi connectivity index (χ3n) is 8.56. The highest BCUT2D eigenvalue weighted by Gasteiger charge is 2.62. The van der Waals surface area contributed by atoms with Crippen LogP contribution >= 0.6 is 23.2 Å². The zero-order valence-corrected chi connectivity index (χ0v) is 32.5. The van der Waals surface area contributed by atoms with Crippen LogP contribution in [0.2, 0.25) is 10.3 Å². The van der Waals surface area contributed by atoms with Gasteiger partial charge in [0.25, 0.3) is 5.91 Å². The van der Waals surface area contributed by atoms with Gasteiger partial charge < -0.3 is 29.7 Å². The number of halogens is 2. The number of rotatable bonds is 11. The van der Waals surface area contributed by atoms with Crippen molar-refractivity contribution in [2.45, 2.75) is 102 Å². The summed E-state index contributed by atoms with van der Waals surface area (Å²) in [4.78, 5) is 88.8. The summed E-state index contributed by atoms with van der Waals surface area (Å²) in [6.45, 7) is 13.3. The standard InChI is InChI=1S/C32H43Cl2N7O11S/c1-9-15-13-32(15,27(45)40-53(48,49)17-10-11-17)39-24(42)18-12-16(51-28(46)38-23-19(26(44)50-8)35-21(33)22(34)37-23)14-41(18)25(43)20(30(2,3)4)36-29(47)52-31(5,6)7/h9,15-18,20H,1,10-14H2,2-8H3,(H,36,47)(H,39,42)(H,40,45)(H,37,38,46)/t15?,16-,18+,20-,32?/m1/s1. The van der Waals surface area contributed by atoms with Crippen molar-refractivity contribution < 1.29 is 51.4 Å². The van der Waals surface area contributed by atoms with E-state index in [1.807, 2.05) is 0 Å². The highest BCUT2D eigenvalue weighted by atomic mass is 35.5. The molecular weight excluding hydrogens is 761 g/mol. The first-order chi connectivity index (χ1) is 24.4. The Balaban J connectivity index is 1.62. The summed E-state index contributed by atoms with van der Waals surface area (Å²) in [5, 5.41) is 6.04. The molecule has 5 amide bonds. The van der Waals surface area contributed by atoms with Gasteiger partial charge in [-0.15, -0.1) is 6.58 Å². The number of hydrogen-bond acceptors (Lipinski definition) is 13. The lowest BCUT2D eigenvalue weighted by molar-refractivity contribution is -0.143. The molecule has 0 radical (unpaired) electrons. The van der Waals surface area contributed by atoms with Crippen LogP contribution in [-0.2, 0) is 38.6 Å². The van der Waals surface area contributed by atoms with Gasteiger partial charge in [-0.1, -0.05) is 50.0 Å². The Labute approximate surface area is 316 Å². The Kier molecular flexibility index (Phi) is 12.0. The molecular formula is C32H43Cl2N7O11S. The fourth-order valence-electron chi connectivity index (χ4n) is 5.63. The minimum absolute atomic E-state index is 0.0370. The van der Waals surface area contributed by atoms with Crippen molar-refractivity contribution in [3.63, 3.8) is 0 Å². The number of carbonyl (C=O) groups excluding carboxylic acids is 6. The Morgan fingerprint density at radius 3 is 2.17 bits per heavy atom. The van der Waals surface area contributed by atoms with E-state index in [2.05, 4.69) is 42.0 Å². The van der Waals surface area contributed by atoms with E-state index in [-0.39, 0.29) is 29.7 Å². The van der Waals surface area contributed by atoms with E-state index < -0.39 is 103 Å². The highest BCUT2D eigenvalue weighted by Crippen LogP contribution is 2.45. The van der Waals surface area contributed by atoms with Gasteiger partial charge in [-0.2, -0.15) is 0 Å². The van der Waals surface area contributed by atoms with Crippen LogP contribution in [0.25, 0.3) is 0 Å². The van der Waals surface area contributed by atoms with Crippen LogP contribution in [0.5, 0.6) is 0 Å². The van der Waals surface area contributed by atoms with Crippen LogP contribution in [0.15, 0.2) is 12.7 Å². The van der Waals surface area contributed by atoms with E-state index in [1.54, 1.807) is 41.5 Å². The van der Waals surface area contributed by atoms with Crippen molar-refractivity contribution in [1.82, 2.24) is 30.2 Å². The van der Waals surface area contributed by atoms with Crippen molar-refractivity contribution in [3.05, 3.63) is 28.7 Å². The van der Waals surface area contributed by atoms with Gasteiger partial charge in [0.2, 0.25) is 21.8 Å². The van der Waals surface area contributed by atoms with Gasteiger partial charge >= 0.3 is 18.2 Å².